The number of hydrogen-bond donors (Lipinski definition) is 1. The van der Waals surface area contributed by atoms with Crippen molar-refractivity contribution in [1.82, 2.24) is 0 Å². The second-order valence-electron chi connectivity index (χ2n) is 2.92. The van der Waals surface area contributed by atoms with Gasteiger partial charge in [-0.3, -0.25) is 4.72 Å². The molecule has 16 heavy (non-hydrogen) atoms. The molecule has 1 N–H and O–H groups in total. The smallest absolute Gasteiger partial charge is 0.246 e. The van der Waals surface area contributed by atoms with Gasteiger partial charge in [0.1, 0.15) is 5.21 Å². The van der Waals surface area contributed by atoms with E-state index in [-0.39, 0.29) is 0 Å². The Morgan fingerprint density at radius 2 is 2.12 bits per heavy atom. The van der Waals surface area contributed by atoms with E-state index in [1.807, 2.05) is 12.1 Å². The van der Waals surface area contributed by atoms with Crippen LogP contribution in [0.1, 0.15) is 0 Å². The number of thioether (sulfide) groups is 1. The Morgan fingerprint density at radius 1 is 1.44 bits per heavy atom. The van der Waals surface area contributed by atoms with Crippen LogP contribution in [-0.2, 0) is 10.0 Å². The van der Waals surface area contributed by atoms with Gasteiger partial charge in [0, 0.05) is 10.6 Å². The number of rotatable bonds is 6. The van der Waals surface area contributed by atoms with Gasteiger partial charge in [-0.05, 0) is 12.1 Å². The number of benzene rings is 1. The van der Waals surface area contributed by atoms with Crippen LogP contribution < -0.4 is 4.72 Å². The Kier molecular flexibility index (Phi) is 5.18. The molecule has 88 valence electrons. The lowest BCUT2D eigenvalue weighted by Crippen LogP contribution is -2.13. The average Bonchev–Trinajstić information content (AvgIpc) is 2.27. The van der Waals surface area contributed by atoms with E-state index >= 15 is 0 Å². The third-order valence-corrected chi connectivity index (χ3v) is 4.40. The van der Waals surface area contributed by atoms with Crippen molar-refractivity contribution < 1.29 is 8.42 Å². The maximum Gasteiger partial charge on any atom is 0.246 e. The number of hydrogen-bond acceptors (Lipinski definition) is 3. The zero-order valence-electron chi connectivity index (χ0n) is 8.52. The largest absolute Gasteiger partial charge is 0.281 e. The van der Waals surface area contributed by atoms with E-state index in [1.165, 1.54) is 11.8 Å². The number of alkyl halides is 1. The fourth-order valence-corrected chi connectivity index (χ4v) is 2.56. The van der Waals surface area contributed by atoms with Gasteiger partial charge in [0.15, 0.2) is 0 Å². The highest BCUT2D eigenvalue weighted by Crippen LogP contribution is 2.27. The van der Waals surface area contributed by atoms with E-state index in [1.54, 1.807) is 18.2 Å². The second-order valence-corrected chi connectivity index (χ2v) is 6.29. The molecule has 0 atom stereocenters. The predicted molar refractivity (Wildman–Crippen MR) is 70.6 cm³/mol. The average molecular weight is 278 g/mol. The minimum Gasteiger partial charge on any atom is -0.281 e. The van der Waals surface area contributed by atoms with Gasteiger partial charge in [0.25, 0.3) is 0 Å². The molecular weight excluding hydrogens is 266 g/mol. The number of sulfonamides is 1. The lowest BCUT2D eigenvalue weighted by Gasteiger charge is -2.09. The summed E-state index contributed by atoms with van der Waals surface area (Å²) in [5.41, 5.74) is 0.551. The first-order valence-corrected chi connectivity index (χ1v) is 7.65. The molecule has 0 heterocycles. The van der Waals surface area contributed by atoms with Crippen molar-refractivity contribution in [2.45, 2.75) is 4.90 Å². The molecule has 0 aliphatic rings. The van der Waals surface area contributed by atoms with Crippen molar-refractivity contribution >= 4 is 39.1 Å². The van der Waals surface area contributed by atoms with Crippen LogP contribution in [0.25, 0.3) is 0 Å². The van der Waals surface area contributed by atoms with Crippen LogP contribution in [0.5, 0.6) is 0 Å². The number of para-hydroxylation sites is 1. The van der Waals surface area contributed by atoms with Crippen molar-refractivity contribution in [3.05, 3.63) is 36.9 Å². The molecule has 0 saturated heterocycles. The number of halogens is 1. The molecule has 3 nitrogen and oxygen atoms in total. The molecule has 0 saturated carbocycles. The van der Waals surface area contributed by atoms with Gasteiger partial charge < -0.3 is 0 Å². The van der Waals surface area contributed by atoms with Crippen LogP contribution in [0.3, 0.4) is 0 Å². The van der Waals surface area contributed by atoms with Crippen LogP contribution in [0.4, 0.5) is 5.69 Å². The minimum absolute atomic E-state index is 0.451. The number of nitrogens with one attached hydrogen (secondary N) is 1. The molecule has 6 heteroatoms. The highest BCUT2D eigenvalue weighted by molar-refractivity contribution is 7.99. The summed E-state index contributed by atoms with van der Waals surface area (Å²) in [5.74, 6) is 0.722. The van der Waals surface area contributed by atoms with Gasteiger partial charge in [0.05, 0.1) is 5.69 Å². The zero-order chi connectivity index (χ0) is 12.0. The van der Waals surface area contributed by atoms with Gasteiger partial charge in [-0.25, -0.2) is 8.42 Å². The molecule has 1 aromatic rings. The van der Waals surface area contributed by atoms with E-state index in [2.05, 4.69) is 11.3 Å². The molecule has 0 aliphatic carbocycles. The summed E-state index contributed by atoms with van der Waals surface area (Å²) < 4.78 is 25.1. The highest BCUT2D eigenvalue weighted by Gasteiger charge is 2.10. The van der Waals surface area contributed by atoms with Gasteiger partial charge in [-0.15, -0.1) is 29.9 Å². The molecule has 0 radical (unpaired) electrons. The SMILES string of the molecule is C=CCSc1ccccc1NS(=O)(=O)CCl. The molecule has 0 aromatic heterocycles. The summed E-state index contributed by atoms with van der Waals surface area (Å²) in [4.78, 5) is 0.857. The minimum atomic E-state index is -3.44. The second kappa shape index (κ2) is 6.18. The van der Waals surface area contributed by atoms with Crippen LogP contribution in [-0.4, -0.2) is 19.4 Å². The van der Waals surface area contributed by atoms with E-state index in [0.717, 1.165) is 10.6 Å². The predicted octanol–water partition coefficient (Wildman–Crippen LogP) is 2.90. The third-order valence-electron chi connectivity index (χ3n) is 1.65. The summed E-state index contributed by atoms with van der Waals surface area (Å²) in [5, 5.41) is -0.451. The normalized spacial score (nSPS) is 11.1. The lowest BCUT2D eigenvalue weighted by molar-refractivity contribution is 0.605. The third kappa shape index (κ3) is 4.08. The maximum atomic E-state index is 11.3. The Hall–Kier alpha value is -0.650. The fraction of sp³-hybridized carbons (Fsp3) is 0.200. The summed E-state index contributed by atoms with van der Waals surface area (Å²) in [6, 6.07) is 7.17. The molecule has 0 aliphatic heterocycles. The molecule has 0 amide bonds. The van der Waals surface area contributed by atoms with Crippen LogP contribution >= 0.6 is 23.4 Å². The molecule has 1 aromatic carbocycles. The maximum absolute atomic E-state index is 11.3. The van der Waals surface area contributed by atoms with Gasteiger partial charge in [0.2, 0.25) is 10.0 Å². The molecule has 0 bridgehead atoms. The molecule has 0 fully saturated rings. The Labute approximate surface area is 105 Å². The first-order valence-electron chi connectivity index (χ1n) is 4.48. The van der Waals surface area contributed by atoms with Crippen LogP contribution in [0.2, 0.25) is 0 Å². The Balaban J connectivity index is 2.90. The van der Waals surface area contributed by atoms with E-state index in [9.17, 15) is 8.42 Å². The Bertz CT molecular complexity index is 460. The molecular formula is C10H12ClNO2S2. The van der Waals surface area contributed by atoms with Crippen molar-refractivity contribution in [1.29, 1.82) is 0 Å². The zero-order valence-corrected chi connectivity index (χ0v) is 10.9. The summed E-state index contributed by atoms with van der Waals surface area (Å²) >= 11 is 6.84. The lowest BCUT2D eigenvalue weighted by atomic mass is 10.3. The summed E-state index contributed by atoms with van der Waals surface area (Å²) in [6.07, 6.45) is 1.76. The van der Waals surface area contributed by atoms with Crippen molar-refractivity contribution in [3.63, 3.8) is 0 Å². The fourth-order valence-electron chi connectivity index (χ4n) is 1.02. The van der Waals surface area contributed by atoms with Gasteiger partial charge >= 0.3 is 0 Å². The van der Waals surface area contributed by atoms with Crippen molar-refractivity contribution in [2.75, 3.05) is 15.7 Å². The van der Waals surface area contributed by atoms with Gasteiger partial charge in [-0.2, -0.15) is 0 Å². The summed E-state index contributed by atoms with van der Waals surface area (Å²) in [6.45, 7) is 3.62. The summed E-state index contributed by atoms with van der Waals surface area (Å²) in [7, 11) is -3.44. The molecule has 1 rings (SSSR count). The van der Waals surface area contributed by atoms with Gasteiger partial charge in [-0.1, -0.05) is 18.2 Å². The number of anilines is 1. The van der Waals surface area contributed by atoms with E-state index in [0.29, 0.717) is 5.69 Å². The van der Waals surface area contributed by atoms with E-state index < -0.39 is 15.2 Å². The van der Waals surface area contributed by atoms with Crippen LogP contribution in [0.15, 0.2) is 41.8 Å². The van der Waals surface area contributed by atoms with Crippen molar-refractivity contribution in [2.24, 2.45) is 0 Å². The standard InChI is InChI=1S/C10H12ClNO2S2/c1-2-7-15-10-6-4-3-5-9(10)12-16(13,14)8-11/h2-6,12H,1,7-8H2. The molecule has 0 spiro atoms. The topological polar surface area (TPSA) is 46.2 Å². The first kappa shape index (κ1) is 13.4. The highest BCUT2D eigenvalue weighted by atomic mass is 35.5. The Morgan fingerprint density at radius 3 is 2.75 bits per heavy atom. The monoisotopic (exact) mass is 277 g/mol. The first-order chi connectivity index (χ1) is 7.59. The molecule has 0 unspecified atom stereocenters. The van der Waals surface area contributed by atoms with Crippen LogP contribution in [0, 0.1) is 0 Å². The quantitative estimate of drug-likeness (QED) is 0.494. The van der Waals surface area contributed by atoms with E-state index in [4.69, 9.17) is 11.6 Å². The van der Waals surface area contributed by atoms with Crippen molar-refractivity contribution in [3.8, 4) is 0 Å².